The Morgan fingerprint density at radius 3 is 2.63 bits per heavy atom. The highest BCUT2D eigenvalue weighted by molar-refractivity contribution is 5.47. The number of non-ortho nitro benzene ring substituents is 1. The summed E-state index contributed by atoms with van der Waals surface area (Å²) in [5.41, 5.74) is 7.69. The number of hydrogen-bond acceptors (Lipinski definition) is 5. The van der Waals surface area contributed by atoms with Gasteiger partial charge in [0.2, 0.25) is 5.88 Å². The number of hydrogen-bond donors (Lipinski definition) is 1. The number of nitrogen functional groups attached to an aromatic ring is 1. The fourth-order valence-electron chi connectivity index (χ4n) is 1.61. The van der Waals surface area contributed by atoms with Crippen molar-refractivity contribution < 1.29 is 9.66 Å². The largest absolute Gasteiger partial charge is 0.438 e. The third-order valence-corrected chi connectivity index (χ3v) is 2.64. The van der Waals surface area contributed by atoms with E-state index in [9.17, 15) is 10.1 Å². The van der Waals surface area contributed by atoms with Crippen molar-refractivity contribution in [1.29, 1.82) is 0 Å². The fourth-order valence-corrected chi connectivity index (χ4v) is 1.61. The van der Waals surface area contributed by atoms with Crippen LogP contribution in [0.3, 0.4) is 0 Å². The van der Waals surface area contributed by atoms with Gasteiger partial charge in [-0.25, -0.2) is 4.98 Å². The zero-order chi connectivity index (χ0) is 14.0. The highest BCUT2D eigenvalue weighted by Crippen LogP contribution is 2.29. The van der Waals surface area contributed by atoms with Gasteiger partial charge in [-0.2, -0.15) is 0 Å². The van der Waals surface area contributed by atoms with Gasteiger partial charge in [0.15, 0.2) is 0 Å². The smallest absolute Gasteiger partial charge is 0.273 e. The van der Waals surface area contributed by atoms with E-state index in [1.54, 1.807) is 12.1 Å². The van der Waals surface area contributed by atoms with Crippen LogP contribution < -0.4 is 10.5 Å². The molecule has 0 unspecified atom stereocenters. The van der Waals surface area contributed by atoms with E-state index in [2.05, 4.69) is 4.98 Å². The first-order chi connectivity index (χ1) is 8.97. The van der Waals surface area contributed by atoms with Crippen LogP contribution >= 0.6 is 0 Å². The van der Waals surface area contributed by atoms with Gasteiger partial charge in [-0.1, -0.05) is 0 Å². The Labute approximate surface area is 110 Å². The molecule has 0 spiro atoms. The number of nitro groups is 1. The Morgan fingerprint density at radius 2 is 2.00 bits per heavy atom. The molecule has 1 aromatic carbocycles. The average Bonchev–Trinajstić information content (AvgIpc) is 2.34. The molecule has 0 fully saturated rings. The molecule has 2 N–H and O–H groups in total. The maximum Gasteiger partial charge on any atom is 0.273 e. The van der Waals surface area contributed by atoms with E-state index in [0.717, 1.165) is 11.1 Å². The molecule has 2 aromatic rings. The number of nitro benzene ring substituents is 1. The van der Waals surface area contributed by atoms with E-state index in [-0.39, 0.29) is 5.69 Å². The topological polar surface area (TPSA) is 91.3 Å². The van der Waals surface area contributed by atoms with Gasteiger partial charge in [-0.05, 0) is 31.5 Å². The van der Waals surface area contributed by atoms with Crippen LogP contribution in [-0.2, 0) is 0 Å². The van der Waals surface area contributed by atoms with Crippen LogP contribution in [0.25, 0.3) is 0 Å². The second-order valence-corrected chi connectivity index (χ2v) is 4.20. The van der Waals surface area contributed by atoms with Crippen LogP contribution in [0.5, 0.6) is 11.6 Å². The summed E-state index contributed by atoms with van der Waals surface area (Å²) in [6.07, 6.45) is 1.48. The molecule has 0 saturated heterocycles. The number of ether oxygens (including phenoxy) is 1. The van der Waals surface area contributed by atoms with Gasteiger partial charge in [0.05, 0.1) is 22.9 Å². The molecule has 98 valence electrons. The van der Waals surface area contributed by atoms with Crippen molar-refractivity contribution in [3.05, 3.63) is 51.7 Å². The Morgan fingerprint density at radius 1 is 1.26 bits per heavy atom. The van der Waals surface area contributed by atoms with Crippen LogP contribution in [0, 0.1) is 24.0 Å². The summed E-state index contributed by atoms with van der Waals surface area (Å²) in [5.74, 6) is 0.798. The lowest BCUT2D eigenvalue weighted by molar-refractivity contribution is -0.384. The van der Waals surface area contributed by atoms with E-state index in [4.69, 9.17) is 10.5 Å². The van der Waals surface area contributed by atoms with Crippen molar-refractivity contribution >= 4 is 11.4 Å². The van der Waals surface area contributed by atoms with Crippen LogP contribution in [0.2, 0.25) is 0 Å². The van der Waals surface area contributed by atoms with Gasteiger partial charge in [-0.15, -0.1) is 0 Å². The summed E-state index contributed by atoms with van der Waals surface area (Å²) in [4.78, 5) is 14.4. The lowest BCUT2D eigenvalue weighted by atomic mass is 10.2. The number of pyridine rings is 1. The fraction of sp³-hybridized carbons (Fsp3) is 0.154. The molecule has 0 aliphatic carbocycles. The molecular weight excluding hydrogens is 246 g/mol. The van der Waals surface area contributed by atoms with Crippen LogP contribution in [-0.4, -0.2) is 9.91 Å². The lowest BCUT2D eigenvalue weighted by Gasteiger charge is -2.10. The van der Waals surface area contributed by atoms with Crippen molar-refractivity contribution in [3.63, 3.8) is 0 Å². The highest BCUT2D eigenvalue weighted by Gasteiger charge is 2.12. The highest BCUT2D eigenvalue weighted by atomic mass is 16.6. The second-order valence-electron chi connectivity index (χ2n) is 4.20. The molecular formula is C13H13N3O3. The van der Waals surface area contributed by atoms with Crippen LogP contribution in [0.4, 0.5) is 11.4 Å². The minimum Gasteiger partial charge on any atom is -0.438 e. The first-order valence-electron chi connectivity index (χ1n) is 5.62. The molecule has 0 amide bonds. The first-order valence-corrected chi connectivity index (χ1v) is 5.62. The maximum absolute atomic E-state index is 10.7. The van der Waals surface area contributed by atoms with Gasteiger partial charge < -0.3 is 10.5 Å². The molecule has 6 nitrogen and oxygen atoms in total. The predicted octanol–water partition coefficient (Wildman–Crippen LogP) is 2.98. The zero-order valence-corrected chi connectivity index (χ0v) is 10.6. The van der Waals surface area contributed by atoms with Crippen molar-refractivity contribution in [2.75, 3.05) is 5.73 Å². The van der Waals surface area contributed by atoms with Gasteiger partial charge in [0.25, 0.3) is 5.69 Å². The third-order valence-electron chi connectivity index (χ3n) is 2.64. The quantitative estimate of drug-likeness (QED) is 0.675. The Kier molecular flexibility index (Phi) is 3.33. The van der Waals surface area contributed by atoms with E-state index in [1.165, 1.54) is 18.3 Å². The van der Waals surface area contributed by atoms with E-state index < -0.39 is 4.92 Å². The SMILES string of the molecule is Cc1ccc([N+](=O)[O-])cc1Oc1ncc(N)cc1C. The number of aromatic nitrogens is 1. The number of aryl methyl sites for hydroxylation is 2. The molecule has 0 radical (unpaired) electrons. The molecule has 2 rings (SSSR count). The normalized spacial score (nSPS) is 10.2. The molecule has 1 heterocycles. The number of benzene rings is 1. The number of nitrogens with two attached hydrogens (primary N) is 1. The lowest BCUT2D eigenvalue weighted by Crippen LogP contribution is -1.96. The molecule has 0 atom stereocenters. The summed E-state index contributed by atoms with van der Waals surface area (Å²) in [7, 11) is 0. The monoisotopic (exact) mass is 259 g/mol. The average molecular weight is 259 g/mol. The summed E-state index contributed by atoms with van der Waals surface area (Å²) in [6, 6.07) is 6.19. The summed E-state index contributed by atoms with van der Waals surface area (Å²) < 4.78 is 5.61. The van der Waals surface area contributed by atoms with Gasteiger partial charge in [0.1, 0.15) is 5.75 Å². The Balaban J connectivity index is 2.37. The van der Waals surface area contributed by atoms with Crippen molar-refractivity contribution in [3.8, 4) is 11.6 Å². The third kappa shape index (κ3) is 2.79. The van der Waals surface area contributed by atoms with Crippen molar-refractivity contribution in [2.45, 2.75) is 13.8 Å². The van der Waals surface area contributed by atoms with Crippen molar-refractivity contribution in [1.82, 2.24) is 4.98 Å². The number of anilines is 1. The molecule has 0 aliphatic heterocycles. The van der Waals surface area contributed by atoms with Gasteiger partial charge in [0, 0.05) is 11.6 Å². The predicted molar refractivity (Wildman–Crippen MR) is 71.3 cm³/mol. The summed E-state index contributed by atoms with van der Waals surface area (Å²) >= 11 is 0. The Hall–Kier alpha value is -2.63. The van der Waals surface area contributed by atoms with E-state index in [0.29, 0.717) is 17.3 Å². The summed E-state index contributed by atoms with van der Waals surface area (Å²) in [5, 5.41) is 10.7. The maximum atomic E-state index is 10.7. The minimum absolute atomic E-state index is 0.0197. The molecule has 0 bridgehead atoms. The molecule has 19 heavy (non-hydrogen) atoms. The first kappa shape index (κ1) is 12.8. The van der Waals surface area contributed by atoms with Gasteiger partial charge in [-0.3, -0.25) is 10.1 Å². The molecule has 0 aliphatic rings. The Bertz CT molecular complexity index is 641. The number of rotatable bonds is 3. The molecule has 1 aromatic heterocycles. The summed E-state index contributed by atoms with van der Waals surface area (Å²) in [6.45, 7) is 3.62. The molecule has 6 heteroatoms. The minimum atomic E-state index is -0.463. The van der Waals surface area contributed by atoms with E-state index in [1.807, 2.05) is 13.8 Å². The van der Waals surface area contributed by atoms with Crippen LogP contribution in [0.15, 0.2) is 30.5 Å². The molecule has 0 saturated carbocycles. The number of nitrogens with zero attached hydrogens (tertiary/aromatic N) is 2. The van der Waals surface area contributed by atoms with Gasteiger partial charge >= 0.3 is 0 Å². The standard InChI is InChI=1S/C13H13N3O3/c1-8-3-4-11(16(17)18)6-12(8)19-13-9(2)5-10(14)7-15-13/h3-7H,14H2,1-2H3. The van der Waals surface area contributed by atoms with Crippen molar-refractivity contribution in [2.24, 2.45) is 0 Å². The van der Waals surface area contributed by atoms with E-state index >= 15 is 0 Å². The second kappa shape index (κ2) is 4.93. The van der Waals surface area contributed by atoms with Crippen LogP contribution in [0.1, 0.15) is 11.1 Å². The zero-order valence-electron chi connectivity index (χ0n) is 10.6.